The minimum atomic E-state index is 0.566. The van der Waals surface area contributed by atoms with Crippen molar-refractivity contribution in [2.45, 2.75) is 12.8 Å². The van der Waals surface area contributed by atoms with Crippen LogP contribution in [-0.2, 0) is 0 Å². The SMILES string of the molecule is COc1cccc2c1C(C)CN2. The zero-order chi connectivity index (χ0) is 8.55. The second kappa shape index (κ2) is 2.70. The Morgan fingerprint density at radius 2 is 2.33 bits per heavy atom. The van der Waals surface area contributed by atoms with E-state index >= 15 is 0 Å². The van der Waals surface area contributed by atoms with Gasteiger partial charge in [0, 0.05) is 23.7 Å². The van der Waals surface area contributed by atoms with Gasteiger partial charge < -0.3 is 10.1 Å². The first kappa shape index (κ1) is 7.47. The van der Waals surface area contributed by atoms with Crippen molar-refractivity contribution in [3.63, 3.8) is 0 Å². The van der Waals surface area contributed by atoms with Gasteiger partial charge in [-0.25, -0.2) is 0 Å². The van der Waals surface area contributed by atoms with E-state index in [0.717, 1.165) is 12.3 Å². The summed E-state index contributed by atoms with van der Waals surface area (Å²) in [5.74, 6) is 1.57. The third-order valence-electron chi connectivity index (χ3n) is 2.38. The standard InChI is InChI=1S/C10H13NO/c1-7-6-11-8-4-3-5-9(12-2)10(7)8/h3-5,7,11H,6H2,1-2H3. The molecule has 1 heterocycles. The van der Waals surface area contributed by atoms with Crippen molar-refractivity contribution in [3.8, 4) is 5.75 Å². The van der Waals surface area contributed by atoms with Gasteiger partial charge in [-0.15, -0.1) is 0 Å². The summed E-state index contributed by atoms with van der Waals surface area (Å²) in [7, 11) is 1.72. The number of rotatable bonds is 1. The van der Waals surface area contributed by atoms with E-state index in [1.807, 2.05) is 12.1 Å². The highest BCUT2D eigenvalue weighted by Crippen LogP contribution is 2.37. The summed E-state index contributed by atoms with van der Waals surface area (Å²) in [6, 6.07) is 6.13. The third kappa shape index (κ3) is 0.951. The lowest BCUT2D eigenvalue weighted by Gasteiger charge is -2.08. The predicted molar refractivity (Wildman–Crippen MR) is 49.9 cm³/mol. The Bertz CT molecular complexity index is 296. The minimum absolute atomic E-state index is 0.566. The number of methoxy groups -OCH3 is 1. The molecule has 0 spiro atoms. The Balaban J connectivity index is 2.53. The lowest BCUT2D eigenvalue weighted by atomic mass is 10.0. The summed E-state index contributed by atoms with van der Waals surface area (Å²) in [4.78, 5) is 0. The topological polar surface area (TPSA) is 21.3 Å². The molecule has 2 rings (SSSR count). The molecule has 0 amide bonds. The molecule has 1 aromatic rings. The molecule has 12 heavy (non-hydrogen) atoms. The van der Waals surface area contributed by atoms with E-state index in [-0.39, 0.29) is 0 Å². The molecule has 0 aromatic heterocycles. The highest BCUT2D eigenvalue weighted by Gasteiger charge is 2.21. The van der Waals surface area contributed by atoms with Gasteiger partial charge in [-0.2, -0.15) is 0 Å². The minimum Gasteiger partial charge on any atom is -0.496 e. The van der Waals surface area contributed by atoms with E-state index in [0.29, 0.717) is 5.92 Å². The second-order valence-electron chi connectivity index (χ2n) is 3.20. The fourth-order valence-corrected chi connectivity index (χ4v) is 1.75. The van der Waals surface area contributed by atoms with Crippen molar-refractivity contribution >= 4 is 5.69 Å². The van der Waals surface area contributed by atoms with Crippen LogP contribution in [0.15, 0.2) is 18.2 Å². The zero-order valence-corrected chi connectivity index (χ0v) is 7.42. The largest absolute Gasteiger partial charge is 0.496 e. The fraction of sp³-hybridized carbons (Fsp3) is 0.400. The zero-order valence-electron chi connectivity index (χ0n) is 7.42. The Morgan fingerprint density at radius 3 is 3.08 bits per heavy atom. The van der Waals surface area contributed by atoms with Crippen molar-refractivity contribution in [1.82, 2.24) is 0 Å². The van der Waals surface area contributed by atoms with Gasteiger partial charge in [-0.3, -0.25) is 0 Å². The number of anilines is 1. The maximum atomic E-state index is 5.29. The van der Waals surface area contributed by atoms with E-state index in [1.165, 1.54) is 11.3 Å². The summed E-state index contributed by atoms with van der Waals surface area (Å²) in [5.41, 5.74) is 2.54. The Labute approximate surface area is 72.5 Å². The van der Waals surface area contributed by atoms with E-state index in [4.69, 9.17) is 4.74 Å². The van der Waals surface area contributed by atoms with Gasteiger partial charge in [0.25, 0.3) is 0 Å². The van der Waals surface area contributed by atoms with Crippen molar-refractivity contribution in [2.75, 3.05) is 19.0 Å². The first-order chi connectivity index (χ1) is 5.83. The quantitative estimate of drug-likeness (QED) is 0.685. The van der Waals surface area contributed by atoms with Crippen LogP contribution >= 0.6 is 0 Å². The highest BCUT2D eigenvalue weighted by atomic mass is 16.5. The number of fused-ring (bicyclic) bond motifs is 1. The molecule has 2 nitrogen and oxygen atoms in total. The van der Waals surface area contributed by atoms with Crippen LogP contribution in [0.3, 0.4) is 0 Å². The van der Waals surface area contributed by atoms with E-state index < -0.39 is 0 Å². The summed E-state index contributed by atoms with van der Waals surface area (Å²) in [5, 5.41) is 3.34. The first-order valence-corrected chi connectivity index (χ1v) is 4.23. The molecule has 1 atom stereocenters. The van der Waals surface area contributed by atoms with E-state index in [1.54, 1.807) is 7.11 Å². The van der Waals surface area contributed by atoms with Gasteiger partial charge in [0.05, 0.1) is 7.11 Å². The van der Waals surface area contributed by atoms with Gasteiger partial charge >= 0.3 is 0 Å². The molecule has 1 aromatic carbocycles. The van der Waals surface area contributed by atoms with E-state index in [2.05, 4.69) is 18.3 Å². The maximum absolute atomic E-state index is 5.29. The van der Waals surface area contributed by atoms with Crippen molar-refractivity contribution in [2.24, 2.45) is 0 Å². The van der Waals surface area contributed by atoms with Crippen LogP contribution in [0, 0.1) is 0 Å². The Morgan fingerprint density at radius 1 is 1.50 bits per heavy atom. The first-order valence-electron chi connectivity index (χ1n) is 4.23. The van der Waals surface area contributed by atoms with Gasteiger partial charge in [0.2, 0.25) is 0 Å². The Kier molecular flexibility index (Phi) is 1.68. The monoisotopic (exact) mass is 163 g/mol. The summed E-state index contributed by atoms with van der Waals surface area (Å²) >= 11 is 0. The second-order valence-corrected chi connectivity index (χ2v) is 3.20. The molecular weight excluding hydrogens is 150 g/mol. The van der Waals surface area contributed by atoms with Crippen LogP contribution in [0.4, 0.5) is 5.69 Å². The van der Waals surface area contributed by atoms with Crippen LogP contribution < -0.4 is 10.1 Å². The van der Waals surface area contributed by atoms with Crippen LogP contribution in [-0.4, -0.2) is 13.7 Å². The van der Waals surface area contributed by atoms with Crippen LogP contribution in [0.5, 0.6) is 5.75 Å². The number of hydrogen-bond acceptors (Lipinski definition) is 2. The third-order valence-corrected chi connectivity index (χ3v) is 2.38. The summed E-state index contributed by atoms with van der Waals surface area (Å²) < 4.78 is 5.29. The molecule has 0 bridgehead atoms. The lowest BCUT2D eigenvalue weighted by molar-refractivity contribution is 0.409. The molecule has 0 saturated heterocycles. The molecule has 64 valence electrons. The van der Waals surface area contributed by atoms with Gasteiger partial charge in [-0.1, -0.05) is 13.0 Å². The Hall–Kier alpha value is -1.18. The summed E-state index contributed by atoms with van der Waals surface area (Å²) in [6.45, 7) is 3.23. The summed E-state index contributed by atoms with van der Waals surface area (Å²) in [6.07, 6.45) is 0. The van der Waals surface area contributed by atoms with Crippen LogP contribution in [0.1, 0.15) is 18.4 Å². The molecule has 0 radical (unpaired) electrons. The molecular formula is C10H13NO. The van der Waals surface area contributed by atoms with E-state index in [9.17, 15) is 0 Å². The van der Waals surface area contributed by atoms with Crippen LogP contribution in [0.25, 0.3) is 0 Å². The van der Waals surface area contributed by atoms with Crippen molar-refractivity contribution < 1.29 is 4.74 Å². The molecule has 1 unspecified atom stereocenters. The number of hydrogen-bond donors (Lipinski definition) is 1. The average Bonchev–Trinajstić information content (AvgIpc) is 2.48. The molecule has 0 fully saturated rings. The average molecular weight is 163 g/mol. The highest BCUT2D eigenvalue weighted by molar-refractivity contribution is 5.63. The molecule has 0 aliphatic carbocycles. The predicted octanol–water partition coefficient (Wildman–Crippen LogP) is 2.22. The van der Waals surface area contributed by atoms with Gasteiger partial charge in [0.1, 0.15) is 5.75 Å². The van der Waals surface area contributed by atoms with Gasteiger partial charge in [-0.05, 0) is 12.1 Å². The molecule has 0 saturated carbocycles. The number of benzene rings is 1. The molecule has 1 N–H and O–H groups in total. The van der Waals surface area contributed by atoms with Crippen LogP contribution in [0.2, 0.25) is 0 Å². The smallest absolute Gasteiger partial charge is 0.124 e. The molecule has 1 aliphatic heterocycles. The van der Waals surface area contributed by atoms with Gasteiger partial charge in [0.15, 0.2) is 0 Å². The van der Waals surface area contributed by atoms with Crippen molar-refractivity contribution in [1.29, 1.82) is 0 Å². The fourth-order valence-electron chi connectivity index (χ4n) is 1.75. The maximum Gasteiger partial charge on any atom is 0.124 e. The molecule has 1 aliphatic rings. The molecule has 2 heteroatoms. The van der Waals surface area contributed by atoms with Crippen molar-refractivity contribution in [3.05, 3.63) is 23.8 Å². The normalized spacial score (nSPS) is 20.0. The number of nitrogens with one attached hydrogen (secondary N) is 1. The lowest BCUT2D eigenvalue weighted by Crippen LogP contribution is -1.97. The number of ether oxygens (including phenoxy) is 1.